The maximum atomic E-state index is 11.9. The van der Waals surface area contributed by atoms with Gasteiger partial charge < -0.3 is 4.74 Å². The van der Waals surface area contributed by atoms with E-state index in [0.717, 1.165) is 11.1 Å². The third-order valence-corrected chi connectivity index (χ3v) is 4.47. The molecule has 0 bridgehead atoms. The van der Waals surface area contributed by atoms with Gasteiger partial charge in [0.25, 0.3) is 0 Å². The van der Waals surface area contributed by atoms with Crippen LogP contribution in [0.5, 0.6) is 0 Å². The maximum absolute atomic E-state index is 11.9. The van der Waals surface area contributed by atoms with Crippen molar-refractivity contribution >= 4 is 23.7 Å². The summed E-state index contributed by atoms with van der Waals surface area (Å²) in [4.78, 5) is 23.0. The molecule has 3 nitrogen and oxygen atoms in total. The van der Waals surface area contributed by atoms with Crippen LogP contribution in [0.4, 0.5) is 0 Å². The highest BCUT2D eigenvalue weighted by molar-refractivity contribution is 7.96. The van der Waals surface area contributed by atoms with Crippen LogP contribution in [0.2, 0.25) is 0 Å². The normalized spacial score (nSPS) is 14.1. The molecule has 2 aromatic carbocycles. The van der Waals surface area contributed by atoms with Gasteiger partial charge in [0.1, 0.15) is 12.5 Å². The summed E-state index contributed by atoms with van der Waals surface area (Å²) >= 11 is 3.69. The number of carbonyl (C=O) groups is 2. The van der Waals surface area contributed by atoms with E-state index in [1.807, 2.05) is 24.3 Å². The molecule has 0 fully saturated rings. The largest absolute Gasteiger partial charge is 0.464 e. The van der Waals surface area contributed by atoms with Gasteiger partial charge in [-0.3, -0.25) is 9.59 Å². The molecule has 22 heavy (non-hydrogen) atoms. The van der Waals surface area contributed by atoms with Crippen LogP contribution in [-0.4, -0.2) is 17.7 Å². The first-order chi connectivity index (χ1) is 10.6. The van der Waals surface area contributed by atoms with Crippen molar-refractivity contribution in [2.75, 3.05) is 6.61 Å². The Kier molecular flexibility index (Phi) is 4.03. The van der Waals surface area contributed by atoms with Crippen LogP contribution in [-0.2, 0) is 14.3 Å². The van der Waals surface area contributed by atoms with Crippen molar-refractivity contribution in [3.8, 4) is 11.1 Å². The summed E-state index contributed by atoms with van der Waals surface area (Å²) in [6, 6.07) is 16.3. The Morgan fingerprint density at radius 3 is 2.05 bits per heavy atom. The molecule has 0 aromatic heterocycles. The molecule has 0 N–H and O–H groups in total. The van der Waals surface area contributed by atoms with Crippen LogP contribution in [0.15, 0.2) is 48.5 Å². The number of fused-ring (bicyclic) bond motifs is 3. The number of ether oxygens (including phenoxy) is 1. The van der Waals surface area contributed by atoms with Crippen LogP contribution in [0.1, 0.15) is 24.0 Å². The molecule has 1 unspecified atom stereocenters. The Hall–Kier alpha value is -2.07. The molecule has 1 aliphatic rings. The number of carbonyl (C=O) groups excluding carboxylic acids is 2. The third kappa shape index (κ3) is 2.55. The second-order valence-electron chi connectivity index (χ2n) is 5.42. The Morgan fingerprint density at radius 1 is 1.05 bits per heavy atom. The number of rotatable bonds is 4. The van der Waals surface area contributed by atoms with Gasteiger partial charge in [-0.15, -0.1) is 12.6 Å². The van der Waals surface area contributed by atoms with E-state index >= 15 is 0 Å². The van der Waals surface area contributed by atoms with Gasteiger partial charge in [-0.2, -0.15) is 0 Å². The Labute approximate surface area is 134 Å². The summed E-state index contributed by atoms with van der Waals surface area (Å²) in [5.74, 6) is -1.35. The van der Waals surface area contributed by atoms with E-state index in [0.29, 0.717) is 0 Å². The van der Waals surface area contributed by atoms with E-state index in [2.05, 4.69) is 36.9 Å². The Morgan fingerprint density at radius 2 is 1.55 bits per heavy atom. The number of benzene rings is 2. The summed E-state index contributed by atoms with van der Waals surface area (Å²) < 4.78 is 5.35. The van der Waals surface area contributed by atoms with Crippen LogP contribution in [0, 0.1) is 5.92 Å². The summed E-state index contributed by atoms with van der Waals surface area (Å²) in [7, 11) is 0. The van der Waals surface area contributed by atoms with Crippen molar-refractivity contribution in [2.24, 2.45) is 5.92 Å². The standard InChI is InChI=1S/C18H16O3S/c1-11(18(20)22)17(19)21-10-16-14-8-4-2-6-12(14)13-7-3-5-9-15(13)16/h2-9,11,16H,10H2,1H3,(H,20,22). The molecule has 0 heterocycles. The lowest BCUT2D eigenvalue weighted by Crippen LogP contribution is -2.22. The van der Waals surface area contributed by atoms with E-state index in [9.17, 15) is 9.59 Å². The Bertz CT molecular complexity index is 693. The summed E-state index contributed by atoms with van der Waals surface area (Å²) in [5, 5.41) is -0.475. The lowest BCUT2D eigenvalue weighted by atomic mass is 9.98. The zero-order valence-electron chi connectivity index (χ0n) is 12.2. The van der Waals surface area contributed by atoms with E-state index in [-0.39, 0.29) is 12.5 Å². The minimum Gasteiger partial charge on any atom is -0.464 e. The summed E-state index contributed by atoms with van der Waals surface area (Å²) in [6.07, 6.45) is 0. The van der Waals surface area contributed by atoms with Gasteiger partial charge in [0.05, 0.1) is 0 Å². The first-order valence-electron chi connectivity index (χ1n) is 7.17. The molecule has 0 saturated carbocycles. The average Bonchev–Trinajstić information content (AvgIpc) is 2.86. The molecule has 0 aliphatic heterocycles. The molecular weight excluding hydrogens is 296 g/mol. The quantitative estimate of drug-likeness (QED) is 0.534. The molecular formula is C18H16O3S. The molecule has 1 atom stereocenters. The molecule has 0 saturated heterocycles. The highest BCUT2D eigenvalue weighted by Gasteiger charge is 2.30. The lowest BCUT2D eigenvalue weighted by molar-refractivity contribution is -0.149. The van der Waals surface area contributed by atoms with Crippen LogP contribution in [0.25, 0.3) is 11.1 Å². The summed E-state index contributed by atoms with van der Waals surface area (Å²) in [6.45, 7) is 1.74. The van der Waals surface area contributed by atoms with Gasteiger partial charge in [0.2, 0.25) is 0 Å². The fourth-order valence-corrected chi connectivity index (χ4v) is 2.94. The predicted molar refractivity (Wildman–Crippen MR) is 87.8 cm³/mol. The molecule has 0 amide bonds. The fraction of sp³-hybridized carbons (Fsp3) is 0.222. The van der Waals surface area contributed by atoms with Gasteiger partial charge >= 0.3 is 5.97 Å². The van der Waals surface area contributed by atoms with Crippen molar-refractivity contribution in [3.63, 3.8) is 0 Å². The number of esters is 1. The maximum Gasteiger partial charge on any atom is 0.317 e. The molecule has 2 aromatic rings. The Balaban J connectivity index is 1.85. The minimum atomic E-state index is -0.838. The second kappa shape index (κ2) is 5.97. The molecule has 0 radical (unpaired) electrons. The SMILES string of the molecule is CC(C(=O)S)C(=O)OCC1c2ccccc2-c2ccccc21. The monoisotopic (exact) mass is 312 g/mol. The fourth-order valence-electron chi connectivity index (χ4n) is 2.83. The van der Waals surface area contributed by atoms with Crippen LogP contribution in [0.3, 0.4) is 0 Å². The van der Waals surface area contributed by atoms with E-state index in [4.69, 9.17) is 4.74 Å². The van der Waals surface area contributed by atoms with Crippen molar-refractivity contribution in [1.29, 1.82) is 0 Å². The van der Waals surface area contributed by atoms with Crippen LogP contribution >= 0.6 is 12.6 Å². The number of hydrogen-bond donors (Lipinski definition) is 1. The molecule has 0 spiro atoms. The van der Waals surface area contributed by atoms with Gasteiger partial charge in [-0.05, 0) is 29.2 Å². The zero-order chi connectivity index (χ0) is 15.7. The van der Waals surface area contributed by atoms with Crippen LogP contribution < -0.4 is 0 Å². The van der Waals surface area contributed by atoms with Gasteiger partial charge in [0.15, 0.2) is 5.12 Å². The topological polar surface area (TPSA) is 43.4 Å². The molecule has 1 aliphatic carbocycles. The molecule has 3 rings (SSSR count). The first-order valence-corrected chi connectivity index (χ1v) is 7.62. The van der Waals surface area contributed by atoms with E-state index < -0.39 is 17.0 Å². The van der Waals surface area contributed by atoms with Crippen molar-refractivity contribution in [1.82, 2.24) is 0 Å². The van der Waals surface area contributed by atoms with Gasteiger partial charge in [0, 0.05) is 5.92 Å². The predicted octanol–water partition coefficient (Wildman–Crippen LogP) is 3.43. The smallest absolute Gasteiger partial charge is 0.317 e. The third-order valence-electron chi connectivity index (χ3n) is 4.08. The lowest BCUT2D eigenvalue weighted by Gasteiger charge is -2.15. The second-order valence-corrected chi connectivity index (χ2v) is 5.86. The van der Waals surface area contributed by atoms with E-state index in [1.165, 1.54) is 18.1 Å². The van der Waals surface area contributed by atoms with Gasteiger partial charge in [-0.25, -0.2) is 0 Å². The zero-order valence-corrected chi connectivity index (χ0v) is 13.0. The number of thiol groups is 1. The molecule has 112 valence electrons. The van der Waals surface area contributed by atoms with Gasteiger partial charge in [-0.1, -0.05) is 48.5 Å². The van der Waals surface area contributed by atoms with Crippen molar-refractivity contribution < 1.29 is 14.3 Å². The first kappa shape index (κ1) is 14.9. The van der Waals surface area contributed by atoms with Crippen molar-refractivity contribution in [2.45, 2.75) is 12.8 Å². The highest BCUT2D eigenvalue weighted by atomic mass is 32.1. The highest BCUT2D eigenvalue weighted by Crippen LogP contribution is 2.44. The average molecular weight is 312 g/mol. The number of hydrogen-bond acceptors (Lipinski definition) is 3. The van der Waals surface area contributed by atoms with E-state index in [1.54, 1.807) is 0 Å². The minimum absolute atomic E-state index is 0.0126. The summed E-state index contributed by atoms with van der Waals surface area (Å²) in [5.41, 5.74) is 4.66. The molecule has 4 heteroatoms. The van der Waals surface area contributed by atoms with Crippen molar-refractivity contribution in [3.05, 3.63) is 59.7 Å².